The molecule has 10 heteroatoms. The smallest absolute Gasteiger partial charge is 0.226 e. The van der Waals surface area contributed by atoms with Crippen molar-refractivity contribution in [2.45, 2.75) is 44.3 Å². The van der Waals surface area contributed by atoms with E-state index in [1.165, 1.54) is 0 Å². The van der Waals surface area contributed by atoms with Gasteiger partial charge in [0.15, 0.2) is 5.82 Å². The summed E-state index contributed by atoms with van der Waals surface area (Å²) in [5.74, 6) is 1.41. The summed E-state index contributed by atoms with van der Waals surface area (Å²) in [6.07, 6.45) is 4.84. The van der Waals surface area contributed by atoms with Gasteiger partial charge in [0.2, 0.25) is 5.91 Å². The van der Waals surface area contributed by atoms with Gasteiger partial charge in [-0.3, -0.25) is 9.78 Å². The molecule has 1 unspecified atom stereocenters. The highest BCUT2D eigenvalue weighted by atomic mass is 16.6. The van der Waals surface area contributed by atoms with Crippen LogP contribution in [0.5, 0.6) is 5.75 Å². The van der Waals surface area contributed by atoms with Crippen LogP contribution in [0.1, 0.15) is 47.8 Å². The van der Waals surface area contributed by atoms with Gasteiger partial charge in [-0.05, 0) is 48.4 Å². The third kappa shape index (κ3) is 5.60. The van der Waals surface area contributed by atoms with Crippen molar-refractivity contribution in [1.82, 2.24) is 20.5 Å². The Balaban J connectivity index is 1.16. The fourth-order valence-corrected chi connectivity index (χ4v) is 5.13. The van der Waals surface area contributed by atoms with E-state index in [2.05, 4.69) is 43.5 Å². The van der Waals surface area contributed by atoms with E-state index in [1.807, 2.05) is 24.3 Å². The highest BCUT2D eigenvalue weighted by Gasteiger charge is 2.43. The third-order valence-electron chi connectivity index (χ3n) is 7.17. The van der Waals surface area contributed by atoms with E-state index in [0.29, 0.717) is 17.7 Å². The van der Waals surface area contributed by atoms with Crippen molar-refractivity contribution < 1.29 is 19.5 Å². The van der Waals surface area contributed by atoms with Crippen molar-refractivity contribution in [1.29, 1.82) is 0 Å². The normalized spacial score (nSPS) is 18.0. The van der Waals surface area contributed by atoms with Gasteiger partial charge >= 0.3 is 0 Å². The number of amides is 1. The fraction of sp³-hybridized carbons (Fsp3) is 0.393. The van der Waals surface area contributed by atoms with Crippen LogP contribution in [-0.2, 0) is 16.1 Å². The number of oxime groups is 1. The quantitative estimate of drug-likeness (QED) is 0.460. The van der Waals surface area contributed by atoms with Gasteiger partial charge in [0.05, 0.1) is 23.9 Å². The minimum Gasteiger partial charge on any atom is -0.486 e. The van der Waals surface area contributed by atoms with E-state index in [-0.39, 0.29) is 24.5 Å². The molecule has 0 radical (unpaired) electrons. The number of aromatic nitrogens is 3. The number of pyridine rings is 1. The molecular weight excluding hydrogens is 484 g/mol. The van der Waals surface area contributed by atoms with Crippen LogP contribution in [-0.4, -0.2) is 64.3 Å². The number of fused-ring (bicyclic) bond motifs is 1. The molecule has 1 atom stereocenters. The molecule has 2 aromatic heterocycles. The van der Waals surface area contributed by atoms with Gasteiger partial charge in [0.1, 0.15) is 18.5 Å². The number of aryl methyl sites for hydroxylation is 1. The minimum atomic E-state index is -0.791. The number of aliphatic hydroxyl groups excluding tert-OH is 1. The summed E-state index contributed by atoms with van der Waals surface area (Å²) in [5.41, 5.74) is 4.02. The summed E-state index contributed by atoms with van der Waals surface area (Å²) in [6, 6.07) is 13.2. The maximum absolute atomic E-state index is 12.3. The summed E-state index contributed by atoms with van der Waals surface area (Å²) in [6.45, 7) is 3.71. The molecule has 0 aliphatic carbocycles. The second-order valence-corrected chi connectivity index (χ2v) is 9.78. The van der Waals surface area contributed by atoms with Crippen LogP contribution in [0.25, 0.3) is 0 Å². The first-order valence-corrected chi connectivity index (χ1v) is 12.8. The molecule has 38 heavy (non-hydrogen) atoms. The minimum absolute atomic E-state index is 0.0910. The molecule has 2 aliphatic rings. The summed E-state index contributed by atoms with van der Waals surface area (Å²) in [5, 5.41) is 25.9. The molecule has 2 N–H and O–H groups in total. The van der Waals surface area contributed by atoms with Crippen molar-refractivity contribution in [3.63, 3.8) is 0 Å². The summed E-state index contributed by atoms with van der Waals surface area (Å²) >= 11 is 0. The van der Waals surface area contributed by atoms with Crippen LogP contribution < -0.4 is 15.0 Å². The first-order valence-electron chi connectivity index (χ1n) is 12.8. The monoisotopic (exact) mass is 516 g/mol. The first-order chi connectivity index (χ1) is 18.5. The SMILES string of the molecule is CON=C1CC2(CCN(c3ccc(CC(=O)NCC(O)c4ccncc4)nn3)CC2)Oc2cccc(C)c21. The molecule has 1 saturated heterocycles. The second-order valence-electron chi connectivity index (χ2n) is 9.78. The topological polar surface area (TPSA) is 122 Å². The number of nitrogens with zero attached hydrogens (tertiary/aromatic N) is 5. The number of carbonyl (C=O) groups is 1. The van der Waals surface area contributed by atoms with Crippen molar-refractivity contribution >= 4 is 17.4 Å². The van der Waals surface area contributed by atoms with Crippen LogP contribution in [0.3, 0.4) is 0 Å². The molecule has 3 aromatic rings. The molecule has 1 aromatic carbocycles. The Hall–Kier alpha value is -4.05. The molecule has 1 amide bonds. The zero-order chi connectivity index (χ0) is 26.5. The maximum Gasteiger partial charge on any atom is 0.226 e. The summed E-state index contributed by atoms with van der Waals surface area (Å²) < 4.78 is 6.57. The van der Waals surface area contributed by atoms with E-state index >= 15 is 0 Å². The Kier molecular flexibility index (Phi) is 7.50. The molecule has 1 spiro atoms. The Labute approximate surface area is 221 Å². The number of carbonyl (C=O) groups excluding carboxylic acids is 1. The lowest BCUT2D eigenvalue weighted by Gasteiger charge is -2.45. The fourth-order valence-electron chi connectivity index (χ4n) is 5.13. The van der Waals surface area contributed by atoms with Gasteiger partial charge in [-0.15, -0.1) is 5.10 Å². The molecular formula is C28H32N6O4. The van der Waals surface area contributed by atoms with E-state index in [1.54, 1.807) is 31.6 Å². The zero-order valence-corrected chi connectivity index (χ0v) is 21.6. The van der Waals surface area contributed by atoms with Gasteiger partial charge in [-0.1, -0.05) is 17.3 Å². The number of nitrogens with one attached hydrogen (secondary N) is 1. The van der Waals surface area contributed by atoms with E-state index in [0.717, 1.165) is 54.3 Å². The van der Waals surface area contributed by atoms with Gasteiger partial charge in [-0.25, -0.2) is 0 Å². The van der Waals surface area contributed by atoms with Gasteiger partial charge in [0, 0.05) is 56.9 Å². The first kappa shape index (κ1) is 25.6. The summed E-state index contributed by atoms with van der Waals surface area (Å²) in [4.78, 5) is 23.6. The number of aliphatic hydroxyl groups is 1. The van der Waals surface area contributed by atoms with E-state index in [9.17, 15) is 9.90 Å². The lowest BCUT2D eigenvalue weighted by Crippen LogP contribution is -2.51. The number of anilines is 1. The predicted octanol–water partition coefficient (Wildman–Crippen LogP) is 2.74. The van der Waals surface area contributed by atoms with Crippen molar-refractivity contribution in [3.8, 4) is 5.75 Å². The molecule has 4 heterocycles. The summed E-state index contributed by atoms with van der Waals surface area (Å²) in [7, 11) is 1.58. The van der Waals surface area contributed by atoms with Crippen LogP contribution in [0.2, 0.25) is 0 Å². The molecule has 0 saturated carbocycles. The Bertz CT molecular complexity index is 1290. The molecule has 0 bridgehead atoms. The van der Waals surface area contributed by atoms with E-state index in [4.69, 9.17) is 9.57 Å². The molecule has 10 nitrogen and oxygen atoms in total. The largest absolute Gasteiger partial charge is 0.486 e. The Morgan fingerprint density at radius 2 is 1.97 bits per heavy atom. The number of hydrogen-bond donors (Lipinski definition) is 2. The van der Waals surface area contributed by atoms with Crippen molar-refractivity contribution in [2.75, 3.05) is 31.6 Å². The van der Waals surface area contributed by atoms with Gasteiger partial charge in [-0.2, -0.15) is 5.10 Å². The average Bonchev–Trinajstić information content (AvgIpc) is 2.93. The zero-order valence-electron chi connectivity index (χ0n) is 21.6. The lowest BCUT2D eigenvalue weighted by atomic mass is 9.81. The Morgan fingerprint density at radius 1 is 1.18 bits per heavy atom. The lowest BCUT2D eigenvalue weighted by molar-refractivity contribution is -0.121. The van der Waals surface area contributed by atoms with Crippen molar-refractivity contribution in [3.05, 3.63) is 77.2 Å². The number of hydrogen-bond acceptors (Lipinski definition) is 9. The highest BCUT2D eigenvalue weighted by molar-refractivity contribution is 6.05. The van der Waals surface area contributed by atoms with Crippen molar-refractivity contribution in [2.24, 2.45) is 5.16 Å². The molecule has 2 aliphatic heterocycles. The van der Waals surface area contributed by atoms with E-state index < -0.39 is 6.10 Å². The number of benzene rings is 1. The van der Waals surface area contributed by atoms with Gasteiger partial charge in [0.25, 0.3) is 0 Å². The number of ether oxygens (including phenoxy) is 1. The third-order valence-corrected chi connectivity index (χ3v) is 7.17. The highest BCUT2D eigenvalue weighted by Crippen LogP contribution is 2.41. The molecule has 1 fully saturated rings. The van der Waals surface area contributed by atoms with Crippen LogP contribution in [0.4, 0.5) is 5.82 Å². The molecule has 198 valence electrons. The second kappa shape index (κ2) is 11.1. The molecule has 5 rings (SSSR count). The Morgan fingerprint density at radius 3 is 2.68 bits per heavy atom. The van der Waals surface area contributed by atoms with Crippen LogP contribution in [0.15, 0.2) is 60.0 Å². The average molecular weight is 517 g/mol. The predicted molar refractivity (Wildman–Crippen MR) is 142 cm³/mol. The van der Waals surface area contributed by atoms with Gasteiger partial charge < -0.3 is 24.9 Å². The van der Waals surface area contributed by atoms with Crippen LogP contribution in [0, 0.1) is 6.92 Å². The maximum atomic E-state index is 12.3. The number of piperidine rings is 1. The standard InChI is InChI=1S/C28H32N6O4/c1-19-4-3-5-24-27(19)22(33-37-2)17-28(38-24)10-14-34(15-11-28)25-7-6-21(31-32-25)16-26(36)30-18-23(35)20-8-12-29-13-9-20/h3-9,12-13,23,35H,10-11,14-18H2,1-2H3,(H,30,36). The van der Waals surface area contributed by atoms with Crippen LogP contribution >= 0.6 is 0 Å². The number of rotatable bonds is 7.